The molecule has 0 nitrogen and oxygen atoms in total. The van der Waals surface area contributed by atoms with Gasteiger partial charge in [0.2, 0.25) is 0 Å². The van der Waals surface area contributed by atoms with E-state index in [1.807, 2.05) is 0 Å². The van der Waals surface area contributed by atoms with Crippen molar-refractivity contribution in [1.29, 1.82) is 0 Å². The standard InChI is InChI=1S/2C2H5.CH2Cl2.Al.ClH/c2*1-2;2-1-3;;/h2*1H2,2H3;1H2;;1H/q;;;+1;/p-1. The molecule has 4 heteroatoms. The predicted octanol–water partition coefficient (Wildman–Crippen LogP) is -0.00750. The van der Waals surface area contributed by atoms with Crippen LogP contribution in [0.1, 0.15) is 13.8 Å². The quantitative estimate of drug-likeness (QED) is 0.440. The minimum atomic E-state index is 0. The topological polar surface area (TPSA) is 0 Å². The van der Waals surface area contributed by atoms with Crippen molar-refractivity contribution in [3.8, 4) is 0 Å². The van der Waals surface area contributed by atoms with E-state index in [9.17, 15) is 0 Å². The first-order valence-corrected chi connectivity index (χ1v) is 5.47. The number of rotatable bonds is 2. The van der Waals surface area contributed by atoms with Crippen LogP contribution in [-0.2, 0) is 0 Å². The smallest absolute Gasteiger partial charge is 0.0967 e. The van der Waals surface area contributed by atoms with Gasteiger partial charge in [-0.05, 0) is 0 Å². The molecule has 0 N–H and O–H groups in total. The van der Waals surface area contributed by atoms with E-state index in [2.05, 4.69) is 13.8 Å². The molecule has 0 aromatic carbocycles. The summed E-state index contributed by atoms with van der Waals surface area (Å²) in [6.07, 6.45) is 0. The Morgan fingerprint density at radius 2 is 1.33 bits per heavy atom. The molecule has 0 aromatic heterocycles. The van der Waals surface area contributed by atoms with Gasteiger partial charge in [0.15, 0.2) is 0 Å². The van der Waals surface area contributed by atoms with E-state index in [1.54, 1.807) is 0 Å². The van der Waals surface area contributed by atoms with Crippen LogP contribution in [0.25, 0.3) is 0 Å². The van der Waals surface area contributed by atoms with Gasteiger partial charge >= 0.3 is 39.6 Å². The zero-order chi connectivity index (χ0) is 6.83. The molecule has 0 atom stereocenters. The fraction of sp³-hybridized carbons (Fsp3) is 1.00. The molecule has 0 aliphatic rings. The number of halogens is 3. The van der Waals surface area contributed by atoms with E-state index >= 15 is 0 Å². The Balaban J connectivity index is -0.0000000800. The summed E-state index contributed by atoms with van der Waals surface area (Å²) in [6.45, 7) is 4.50. The first kappa shape index (κ1) is 16.8. The van der Waals surface area contributed by atoms with Crippen LogP contribution in [0.5, 0.6) is 0 Å². The molecule has 0 unspecified atom stereocenters. The molecule has 0 aliphatic heterocycles. The maximum atomic E-state index is 4.76. The largest absolute Gasteiger partial charge is 1.00 e. The van der Waals surface area contributed by atoms with Gasteiger partial charge < -0.3 is 12.4 Å². The van der Waals surface area contributed by atoms with Crippen LogP contribution in [0.15, 0.2) is 0 Å². The van der Waals surface area contributed by atoms with Crippen LogP contribution in [0.2, 0.25) is 10.6 Å². The Kier molecular flexibility index (Phi) is 42.4. The maximum absolute atomic E-state index is 4.76. The molecule has 0 rings (SSSR count). The van der Waals surface area contributed by atoms with Gasteiger partial charge in [0.25, 0.3) is 0 Å². The summed E-state index contributed by atoms with van der Waals surface area (Å²) in [5.74, 6) is 0. The fourth-order valence-corrected chi connectivity index (χ4v) is 0.866. The summed E-state index contributed by atoms with van der Waals surface area (Å²) < 4.78 is 0. The number of hydrogen-bond acceptors (Lipinski definition) is 0. The third kappa shape index (κ3) is 44.5. The molecule has 0 aliphatic carbocycles. The summed E-state index contributed by atoms with van der Waals surface area (Å²) in [6, 6.07) is 0. The summed E-state index contributed by atoms with van der Waals surface area (Å²) in [5.41, 5.74) is 0. The number of hydrogen-bond donors (Lipinski definition) is 0. The third-order valence-corrected chi connectivity index (χ3v) is 1.73. The Morgan fingerprint density at radius 3 is 1.33 bits per heavy atom. The van der Waals surface area contributed by atoms with Crippen molar-refractivity contribution in [3.63, 3.8) is 0 Å². The van der Waals surface area contributed by atoms with Crippen LogP contribution >= 0.6 is 23.2 Å². The van der Waals surface area contributed by atoms with Crippen molar-refractivity contribution in [2.75, 3.05) is 5.34 Å². The number of alkyl halides is 2. The first-order chi connectivity index (χ1) is 3.83. The first-order valence-electron chi connectivity index (χ1n) is 2.77. The second-order valence-corrected chi connectivity index (χ2v) is 4.22. The van der Waals surface area contributed by atoms with Gasteiger partial charge in [-0.25, -0.2) is 0 Å². The van der Waals surface area contributed by atoms with Crippen LogP contribution in [0.4, 0.5) is 0 Å². The molecule has 0 fully saturated rings. The van der Waals surface area contributed by atoms with Crippen molar-refractivity contribution in [2.45, 2.75) is 24.4 Å². The van der Waals surface area contributed by atoms with Crippen molar-refractivity contribution in [2.24, 2.45) is 0 Å². The molecule has 0 saturated heterocycles. The molecular weight excluding hydrogens is 193 g/mol. The molecule has 0 radical (unpaired) electrons. The van der Waals surface area contributed by atoms with Crippen LogP contribution in [0, 0.1) is 0 Å². The molecule has 0 amide bonds. The average Bonchev–Trinajstić information content (AvgIpc) is 1.71. The fourth-order valence-electron chi connectivity index (χ4n) is 0.289. The zero-order valence-corrected chi connectivity index (χ0v) is 9.26. The summed E-state index contributed by atoms with van der Waals surface area (Å²) >= 11 is 10.3. The molecule has 9 heavy (non-hydrogen) atoms. The Morgan fingerprint density at radius 1 is 1.11 bits per heavy atom. The molecule has 0 bridgehead atoms. The van der Waals surface area contributed by atoms with E-state index in [0.29, 0.717) is 0 Å². The molecule has 56 valence electrons. The average molecular weight is 205 g/mol. The SMILES string of the molecule is C[CH2][Al+][CH2]C.ClCCl.[Cl-]. The Bertz CT molecular complexity index is 26.2. The van der Waals surface area contributed by atoms with Crippen molar-refractivity contribution in [1.82, 2.24) is 0 Å². The maximum Gasteiger partial charge on any atom is 0.0967 e. The van der Waals surface area contributed by atoms with E-state index in [0.717, 1.165) is 15.2 Å². The summed E-state index contributed by atoms with van der Waals surface area (Å²) in [4.78, 5) is 0. The van der Waals surface area contributed by atoms with Crippen LogP contribution in [-0.4, -0.2) is 20.6 Å². The van der Waals surface area contributed by atoms with Gasteiger partial charge in [-0.2, -0.15) is 0 Å². The van der Waals surface area contributed by atoms with Gasteiger partial charge in [0.1, 0.15) is 0 Å². The van der Waals surface area contributed by atoms with Gasteiger partial charge in [-0.3, -0.25) is 0 Å². The van der Waals surface area contributed by atoms with E-state index in [4.69, 9.17) is 23.2 Å². The predicted molar refractivity (Wildman–Crippen MR) is 43.3 cm³/mol. The summed E-state index contributed by atoms with van der Waals surface area (Å²) in [5, 5.41) is 3.05. The minimum Gasteiger partial charge on any atom is -1.00 e. The molecule has 0 heterocycles. The van der Waals surface area contributed by atoms with Crippen molar-refractivity contribution in [3.05, 3.63) is 0 Å². The second-order valence-electron chi connectivity index (χ2n) is 1.21. The Labute approximate surface area is 80.4 Å². The normalized spacial score (nSPS) is 5.78. The van der Waals surface area contributed by atoms with E-state index < -0.39 is 0 Å². The van der Waals surface area contributed by atoms with E-state index in [-0.39, 0.29) is 17.7 Å². The zero-order valence-electron chi connectivity index (χ0n) is 5.83. The molecule has 0 saturated carbocycles. The van der Waals surface area contributed by atoms with Crippen molar-refractivity contribution < 1.29 is 12.4 Å². The Hall–Kier alpha value is 1.40. The monoisotopic (exact) mass is 204 g/mol. The van der Waals surface area contributed by atoms with Gasteiger partial charge in [-0.15, -0.1) is 23.2 Å². The van der Waals surface area contributed by atoms with Gasteiger partial charge in [-0.1, -0.05) is 0 Å². The molecule has 0 spiro atoms. The summed E-state index contributed by atoms with van der Waals surface area (Å²) in [7, 11) is 0. The van der Waals surface area contributed by atoms with Crippen LogP contribution in [0.3, 0.4) is 0 Å². The van der Waals surface area contributed by atoms with E-state index in [1.165, 1.54) is 10.6 Å². The van der Waals surface area contributed by atoms with Crippen molar-refractivity contribution >= 4 is 38.4 Å². The minimum absolute atomic E-state index is 0. The van der Waals surface area contributed by atoms with Crippen LogP contribution < -0.4 is 12.4 Å². The third-order valence-electron chi connectivity index (χ3n) is 0.577. The molecular formula is C5H12AlCl3. The van der Waals surface area contributed by atoms with Gasteiger partial charge in [0.05, 0.1) is 5.34 Å². The molecule has 0 aromatic rings. The van der Waals surface area contributed by atoms with Gasteiger partial charge in [0, 0.05) is 0 Å². The second kappa shape index (κ2) is 22.7.